The third-order valence-corrected chi connectivity index (χ3v) is 3.45. The number of nitrogens with zero attached hydrogens (tertiary/aromatic N) is 2. The fourth-order valence-corrected chi connectivity index (χ4v) is 2.34. The Hall–Kier alpha value is -1.17. The molecule has 6 heteroatoms. The van der Waals surface area contributed by atoms with Crippen LogP contribution in [-0.4, -0.2) is 23.1 Å². The first-order chi connectivity index (χ1) is 8.29. The first-order valence-corrected chi connectivity index (χ1v) is 6.51. The molecule has 0 amide bonds. The van der Waals surface area contributed by atoms with Crippen molar-refractivity contribution < 1.29 is 0 Å². The lowest BCUT2D eigenvalue weighted by Crippen LogP contribution is -2.10. The first kappa shape index (κ1) is 12.3. The van der Waals surface area contributed by atoms with Crippen LogP contribution in [0, 0.1) is 0 Å². The summed E-state index contributed by atoms with van der Waals surface area (Å²) in [7, 11) is 0. The number of rotatable bonds is 5. The van der Waals surface area contributed by atoms with Gasteiger partial charge in [0.25, 0.3) is 0 Å². The zero-order valence-corrected chi connectivity index (χ0v) is 10.8. The van der Waals surface area contributed by atoms with E-state index in [1.807, 2.05) is 12.1 Å². The van der Waals surface area contributed by atoms with E-state index in [1.54, 1.807) is 12.4 Å². The van der Waals surface area contributed by atoms with Crippen LogP contribution in [0.3, 0.4) is 0 Å². The molecule has 0 aliphatic heterocycles. The topological polar surface area (TPSA) is 63.8 Å². The van der Waals surface area contributed by atoms with Crippen LogP contribution in [0.1, 0.15) is 6.42 Å². The molecule has 0 fully saturated rings. The van der Waals surface area contributed by atoms with E-state index in [0.29, 0.717) is 12.5 Å². The molecule has 0 saturated heterocycles. The van der Waals surface area contributed by atoms with Crippen molar-refractivity contribution >= 4 is 28.9 Å². The smallest absolute Gasteiger partial charge is 0.222 e. The van der Waals surface area contributed by atoms with Crippen molar-refractivity contribution in [2.24, 2.45) is 5.73 Å². The van der Waals surface area contributed by atoms with Gasteiger partial charge >= 0.3 is 0 Å². The average molecular weight is 269 g/mol. The lowest BCUT2D eigenvalue weighted by molar-refractivity contribution is 0.864. The summed E-state index contributed by atoms with van der Waals surface area (Å²) in [5, 5.41) is 3.10. The van der Waals surface area contributed by atoms with E-state index in [4.69, 9.17) is 17.3 Å². The molecule has 0 bridgehead atoms. The van der Waals surface area contributed by atoms with Gasteiger partial charge < -0.3 is 11.1 Å². The molecule has 0 atom stereocenters. The van der Waals surface area contributed by atoms with Crippen LogP contribution in [0.25, 0.3) is 10.4 Å². The summed E-state index contributed by atoms with van der Waals surface area (Å²) < 4.78 is 0.769. The van der Waals surface area contributed by atoms with Crippen molar-refractivity contribution in [2.75, 3.05) is 18.4 Å². The molecule has 2 aromatic heterocycles. The molecule has 0 saturated carbocycles. The molecule has 4 nitrogen and oxygen atoms in total. The zero-order valence-electron chi connectivity index (χ0n) is 9.19. The number of hydrogen-bond acceptors (Lipinski definition) is 5. The van der Waals surface area contributed by atoms with Gasteiger partial charge in [-0.2, -0.15) is 0 Å². The number of halogens is 1. The number of nitrogens with one attached hydrogen (secondary N) is 1. The third kappa shape index (κ3) is 3.39. The van der Waals surface area contributed by atoms with E-state index in [1.165, 1.54) is 11.3 Å². The maximum atomic E-state index is 5.88. The van der Waals surface area contributed by atoms with E-state index < -0.39 is 0 Å². The fraction of sp³-hybridized carbons (Fsp3) is 0.273. The van der Waals surface area contributed by atoms with Gasteiger partial charge in [-0.15, -0.1) is 11.3 Å². The van der Waals surface area contributed by atoms with Crippen molar-refractivity contribution in [2.45, 2.75) is 6.42 Å². The van der Waals surface area contributed by atoms with Gasteiger partial charge in [0.05, 0.1) is 4.34 Å². The van der Waals surface area contributed by atoms with Crippen molar-refractivity contribution in [1.82, 2.24) is 9.97 Å². The predicted octanol–water partition coefficient (Wildman–Crippen LogP) is 2.62. The second-order valence-electron chi connectivity index (χ2n) is 3.47. The molecule has 2 aromatic rings. The fourth-order valence-electron chi connectivity index (χ4n) is 1.32. The van der Waals surface area contributed by atoms with Crippen LogP contribution in [0.4, 0.5) is 5.95 Å². The van der Waals surface area contributed by atoms with Gasteiger partial charge in [-0.1, -0.05) is 11.6 Å². The Morgan fingerprint density at radius 1 is 1.29 bits per heavy atom. The monoisotopic (exact) mass is 268 g/mol. The molecule has 17 heavy (non-hydrogen) atoms. The van der Waals surface area contributed by atoms with Gasteiger partial charge in [-0.25, -0.2) is 9.97 Å². The molecule has 90 valence electrons. The minimum atomic E-state index is 0.629. The normalized spacial score (nSPS) is 10.5. The van der Waals surface area contributed by atoms with Gasteiger partial charge in [-0.3, -0.25) is 0 Å². The molecule has 0 aliphatic rings. The van der Waals surface area contributed by atoms with Gasteiger partial charge in [0.1, 0.15) is 0 Å². The van der Waals surface area contributed by atoms with E-state index in [9.17, 15) is 0 Å². The van der Waals surface area contributed by atoms with E-state index >= 15 is 0 Å². The lowest BCUT2D eigenvalue weighted by atomic mass is 10.3. The summed E-state index contributed by atoms with van der Waals surface area (Å²) in [4.78, 5) is 9.55. The standard InChI is InChI=1S/C11H13ClN4S/c12-10-3-2-9(17-10)8-6-15-11(16-7-8)14-5-1-4-13/h2-3,6-7H,1,4-5,13H2,(H,14,15,16). The van der Waals surface area contributed by atoms with E-state index in [0.717, 1.165) is 27.7 Å². The van der Waals surface area contributed by atoms with Crippen molar-refractivity contribution in [3.05, 3.63) is 28.9 Å². The summed E-state index contributed by atoms with van der Waals surface area (Å²) >= 11 is 7.40. The zero-order chi connectivity index (χ0) is 12.1. The molecule has 2 heterocycles. The highest BCUT2D eigenvalue weighted by Crippen LogP contribution is 2.30. The number of aromatic nitrogens is 2. The molecule has 0 unspecified atom stereocenters. The average Bonchev–Trinajstić information content (AvgIpc) is 2.77. The quantitative estimate of drug-likeness (QED) is 0.819. The SMILES string of the molecule is NCCCNc1ncc(-c2ccc(Cl)s2)cn1. The summed E-state index contributed by atoms with van der Waals surface area (Å²) in [6.45, 7) is 1.46. The highest BCUT2D eigenvalue weighted by molar-refractivity contribution is 7.19. The Labute approximate surface area is 109 Å². The molecular formula is C11H13ClN4S. The second-order valence-corrected chi connectivity index (χ2v) is 5.18. The molecule has 3 N–H and O–H groups in total. The van der Waals surface area contributed by atoms with E-state index in [-0.39, 0.29) is 0 Å². The summed E-state index contributed by atoms with van der Waals surface area (Å²) in [5.74, 6) is 0.629. The van der Waals surface area contributed by atoms with Crippen LogP contribution >= 0.6 is 22.9 Å². The molecule has 0 aliphatic carbocycles. The largest absolute Gasteiger partial charge is 0.354 e. The van der Waals surface area contributed by atoms with Gasteiger partial charge in [-0.05, 0) is 25.1 Å². The van der Waals surface area contributed by atoms with Crippen LogP contribution in [0.2, 0.25) is 4.34 Å². The van der Waals surface area contributed by atoms with Crippen LogP contribution in [0.5, 0.6) is 0 Å². The minimum Gasteiger partial charge on any atom is -0.354 e. The van der Waals surface area contributed by atoms with Crippen molar-refractivity contribution in [1.29, 1.82) is 0 Å². The maximum absolute atomic E-state index is 5.88. The Balaban J connectivity index is 2.02. The molecule has 0 spiro atoms. The van der Waals surface area contributed by atoms with Gasteiger partial charge in [0.15, 0.2) is 0 Å². The molecule has 0 aromatic carbocycles. The molecule has 2 rings (SSSR count). The van der Waals surface area contributed by atoms with Crippen LogP contribution < -0.4 is 11.1 Å². The minimum absolute atomic E-state index is 0.629. The Bertz CT molecular complexity index is 469. The lowest BCUT2D eigenvalue weighted by Gasteiger charge is -2.03. The molecular weight excluding hydrogens is 256 g/mol. The van der Waals surface area contributed by atoms with Crippen LogP contribution in [0.15, 0.2) is 24.5 Å². The Morgan fingerprint density at radius 3 is 2.65 bits per heavy atom. The number of nitrogens with two attached hydrogens (primary N) is 1. The van der Waals surface area contributed by atoms with Gasteiger partial charge in [0, 0.05) is 29.4 Å². The number of anilines is 1. The predicted molar refractivity (Wildman–Crippen MR) is 72.5 cm³/mol. The highest BCUT2D eigenvalue weighted by Gasteiger charge is 2.03. The number of thiophene rings is 1. The summed E-state index contributed by atoms with van der Waals surface area (Å²) in [6.07, 6.45) is 4.49. The van der Waals surface area contributed by atoms with E-state index in [2.05, 4.69) is 15.3 Å². The van der Waals surface area contributed by atoms with Crippen LogP contribution in [-0.2, 0) is 0 Å². The Kier molecular flexibility index (Phi) is 4.30. The summed E-state index contributed by atoms with van der Waals surface area (Å²) in [5.41, 5.74) is 6.38. The first-order valence-electron chi connectivity index (χ1n) is 5.31. The number of hydrogen-bond donors (Lipinski definition) is 2. The third-order valence-electron chi connectivity index (χ3n) is 2.17. The van der Waals surface area contributed by atoms with Crippen molar-refractivity contribution in [3.63, 3.8) is 0 Å². The summed E-state index contributed by atoms with van der Waals surface area (Å²) in [6, 6.07) is 3.84. The van der Waals surface area contributed by atoms with Crippen molar-refractivity contribution in [3.8, 4) is 10.4 Å². The van der Waals surface area contributed by atoms with Gasteiger partial charge in [0.2, 0.25) is 5.95 Å². The highest BCUT2D eigenvalue weighted by atomic mass is 35.5. The Morgan fingerprint density at radius 2 is 2.06 bits per heavy atom. The second kappa shape index (κ2) is 5.95. The maximum Gasteiger partial charge on any atom is 0.222 e. The molecule has 0 radical (unpaired) electrons.